The number of hydrogen-bond acceptors (Lipinski definition) is 5. The normalized spacial score (nSPS) is 15.2. The molecule has 39 heavy (non-hydrogen) atoms. The van der Waals surface area contributed by atoms with E-state index < -0.39 is 11.7 Å². The SMILES string of the molecule is CC(C)N1CCN(Cc2ccc(NC(=O)Cc3ccc(-n4cnc5cccnc54)cc3)cc2C(F)(F)F)CC1. The number of piperazine rings is 1. The highest BCUT2D eigenvalue weighted by Gasteiger charge is 2.34. The molecular weight excluding hydrogens is 505 g/mol. The van der Waals surface area contributed by atoms with Gasteiger partial charge in [0.15, 0.2) is 5.65 Å². The van der Waals surface area contributed by atoms with E-state index >= 15 is 0 Å². The predicted octanol–water partition coefficient (Wildman–Crippen LogP) is 5.15. The van der Waals surface area contributed by atoms with E-state index in [9.17, 15) is 18.0 Å². The second-order valence-electron chi connectivity index (χ2n) is 10.1. The number of nitrogens with one attached hydrogen (secondary N) is 1. The zero-order chi connectivity index (χ0) is 27.6. The van der Waals surface area contributed by atoms with Gasteiger partial charge in [-0.3, -0.25) is 19.2 Å². The van der Waals surface area contributed by atoms with E-state index in [0.717, 1.165) is 54.7 Å². The fourth-order valence-electron chi connectivity index (χ4n) is 4.94. The van der Waals surface area contributed by atoms with E-state index in [0.29, 0.717) is 6.04 Å². The maximum Gasteiger partial charge on any atom is 0.416 e. The van der Waals surface area contributed by atoms with E-state index in [-0.39, 0.29) is 30.1 Å². The molecule has 5 rings (SSSR count). The molecule has 2 aromatic heterocycles. The van der Waals surface area contributed by atoms with Gasteiger partial charge in [0.2, 0.25) is 5.91 Å². The Morgan fingerprint density at radius 3 is 2.44 bits per heavy atom. The maximum atomic E-state index is 13.9. The summed E-state index contributed by atoms with van der Waals surface area (Å²) in [6.45, 7) is 7.60. The monoisotopic (exact) mass is 536 g/mol. The Bertz CT molecular complexity index is 1440. The van der Waals surface area contributed by atoms with E-state index in [2.05, 4.69) is 34.0 Å². The highest BCUT2D eigenvalue weighted by atomic mass is 19.4. The van der Waals surface area contributed by atoms with Gasteiger partial charge in [0.25, 0.3) is 0 Å². The van der Waals surface area contributed by atoms with Gasteiger partial charge in [-0.25, -0.2) is 9.97 Å². The average Bonchev–Trinajstić information content (AvgIpc) is 3.34. The Morgan fingerprint density at radius 1 is 1.00 bits per heavy atom. The smallest absolute Gasteiger partial charge is 0.326 e. The Hall–Kier alpha value is -3.76. The van der Waals surface area contributed by atoms with E-state index in [1.54, 1.807) is 18.6 Å². The summed E-state index contributed by atoms with van der Waals surface area (Å²) in [5.74, 6) is -0.386. The Morgan fingerprint density at radius 2 is 1.74 bits per heavy atom. The van der Waals surface area contributed by atoms with Crippen LogP contribution in [0.15, 0.2) is 67.1 Å². The van der Waals surface area contributed by atoms with Crippen LogP contribution in [0.4, 0.5) is 18.9 Å². The van der Waals surface area contributed by atoms with Crippen LogP contribution in [0.5, 0.6) is 0 Å². The van der Waals surface area contributed by atoms with Crippen molar-refractivity contribution >= 4 is 22.8 Å². The molecule has 0 saturated carbocycles. The lowest BCUT2D eigenvalue weighted by molar-refractivity contribution is -0.138. The van der Waals surface area contributed by atoms with Gasteiger partial charge in [-0.05, 0) is 61.4 Å². The van der Waals surface area contributed by atoms with Gasteiger partial charge in [-0.2, -0.15) is 13.2 Å². The van der Waals surface area contributed by atoms with Crippen molar-refractivity contribution in [3.8, 4) is 5.69 Å². The number of benzene rings is 2. The molecule has 0 radical (unpaired) electrons. The molecule has 1 amide bonds. The van der Waals surface area contributed by atoms with E-state index in [4.69, 9.17) is 0 Å². The first-order chi connectivity index (χ1) is 18.7. The molecule has 1 aliphatic rings. The second-order valence-corrected chi connectivity index (χ2v) is 10.1. The number of carbonyl (C=O) groups is 1. The van der Waals surface area contributed by atoms with E-state index in [1.807, 2.05) is 45.9 Å². The summed E-state index contributed by atoms with van der Waals surface area (Å²) < 4.78 is 43.7. The van der Waals surface area contributed by atoms with Crippen molar-refractivity contribution in [2.75, 3.05) is 31.5 Å². The molecule has 7 nitrogen and oxygen atoms in total. The highest BCUT2D eigenvalue weighted by molar-refractivity contribution is 5.92. The molecule has 0 bridgehead atoms. The first kappa shape index (κ1) is 26.8. The summed E-state index contributed by atoms with van der Waals surface area (Å²) >= 11 is 0. The highest BCUT2D eigenvalue weighted by Crippen LogP contribution is 2.34. The number of rotatable bonds is 7. The molecule has 0 atom stereocenters. The lowest BCUT2D eigenvalue weighted by Crippen LogP contribution is -2.48. The van der Waals surface area contributed by atoms with Gasteiger partial charge < -0.3 is 5.32 Å². The molecule has 1 fully saturated rings. The third-order valence-electron chi connectivity index (χ3n) is 7.12. The molecular formula is C29H31F3N6O. The molecule has 10 heteroatoms. The van der Waals surface area contributed by atoms with Crippen LogP contribution in [-0.4, -0.2) is 62.5 Å². The Kier molecular flexibility index (Phi) is 7.67. The number of imidazole rings is 1. The minimum absolute atomic E-state index is 0.0342. The summed E-state index contributed by atoms with van der Waals surface area (Å²) in [4.78, 5) is 25.8. The largest absolute Gasteiger partial charge is 0.416 e. The number of carbonyl (C=O) groups excluding carboxylic acids is 1. The maximum absolute atomic E-state index is 13.9. The third-order valence-corrected chi connectivity index (χ3v) is 7.12. The van der Waals surface area contributed by atoms with Gasteiger partial charge in [0.1, 0.15) is 11.8 Å². The minimum atomic E-state index is -4.52. The van der Waals surface area contributed by atoms with Crippen molar-refractivity contribution in [2.45, 2.75) is 39.0 Å². The molecule has 0 spiro atoms. The Balaban J connectivity index is 1.24. The second kappa shape index (κ2) is 11.2. The number of aromatic nitrogens is 3. The summed E-state index contributed by atoms with van der Waals surface area (Å²) in [7, 11) is 0. The molecule has 4 aromatic rings. The molecule has 0 unspecified atom stereocenters. The molecule has 0 aliphatic carbocycles. The van der Waals surface area contributed by atoms with Crippen molar-refractivity contribution in [3.05, 3.63) is 83.8 Å². The van der Waals surface area contributed by atoms with Crippen molar-refractivity contribution in [1.29, 1.82) is 0 Å². The quantitative estimate of drug-likeness (QED) is 0.354. The van der Waals surface area contributed by atoms with Gasteiger partial charge >= 0.3 is 6.18 Å². The van der Waals surface area contributed by atoms with Gasteiger partial charge in [0, 0.05) is 56.3 Å². The topological polar surface area (TPSA) is 66.3 Å². The Labute approximate surface area is 225 Å². The summed E-state index contributed by atoms with van der Waals surface area (Å²) in [5.41, 5.74) is 2.72. The van der Waals surface area contributed by atoms with Gasteiger partial charge in [0.05, 0.1) is 12.0 Å². The van der Waals surface area contributed by atoms with E-state index in [1.165, 1.54) is 6.07 Å². The number of hydrogen-bond donors (Lipinski definition) is 1. The van der Waals surface area contributed by atoms with Crippen LogP contribution in [0.2, 0.25) is 0 Å². The standard InChI is InChI=1S/C29H31F3N6O/c1-20(2)37-14-12-36(13-15-37)18-22-7-8-23(17-25(22)29(30,31)32)35-27(39)16-21-5-9-24(10-6-21)38-19-34-26-4-3-11-33-28(26)38/h3-11,17,19-20H,12-16,18H2,1-2H3,(H,35,39). The van der Waals surface area contributed by atoms with Crippen LogP contribution in [0.1, 0.15) is 30.5 Å². The number of anilines is 1. The molecule has 1 aliphatic heterocycles. The van der Waals surface area contributed by atoms with Crippen molar-refractivity contribution in [2.24, 2.45) is 0 Å². The molecule has 1 saturated heterocycles. The first-order valence-corrected chi connectivity index (χ1v) is 13.0. The summed E-state index contributed by atoms with van der Waals surface area (Å²) in [6.07, 6.45) is -1.10. The number of pyridine rings is 1. The van der Waals surface area contributed by atoms with Gasteiger partial charge in [-0.1, -0.05) is 18.2 Å². The molecule has 1 N–H and O–H groups in total. The first-order valence-electron chi connectivity index (χ1n) is 13.0. The van der Waals surface area contributed by atoms with Crippen LogP contribution >= 0.6 is 0 Å². The van der Waals surface area contributed by atoms with Crippen molar-refractivity contribution in [3.63, 3.8) is 0 Å². The number of amides is 1. The lowest BCUT2D eigenvalue weighted by atomic mass is 10.0. The average molecular weight is 537 g/mol. The minimum Gasteiger partial charge on any atom is -0.326 e. The van der Waals surface area contributed by atoms with Gasteiger partial charge in [-0.15, -0.1) is 0 Å². The van der Waals surface area contributed by atoms with Crippen molar-refractivity contribution < 1.29 is 18.0 Å². The number of nitrogens with zero attached hydrogens (tertiary/aromatic N) is 5. The van der Waals surface area contributed by atoms with Crippen LogP contribution in [0, 0.1) is 0 Å². The predicted molar refractivity (Wildman–Crippen MR) is 145 cm³/mol. The van der Waals surface area contributed by atoms with Crippen LogP contribution < -0.4 is 5.32 Å². The molecule has 3 heterocycles. The zero-order valence-corrected chi connectivity index (χ0v) is 21.9. The zero-order valence-electron chi connectivity index (χ0n) is 21.9. The molecule has 2 aromatic carbocycles. The van der Waals surface area contributed by atoms with Crippen LogP contribution in [0.25, 0.3) is 16.9 Å². The summed E-state index contributed by atoms with van der Waals surface area (Å²) in [5, 5.41) is 2.63. The fourth-order valence-corrected chi connectivity index (χ4v) is 4.94. The van der Waals surface area contributed by atoms with Crippen LogP contribution in [0.3, 0.4) is 0 Å². The van der Waals surface area contributed by atoms with Crippen molar-refractivity contribution in [1.82, 2.24) is 24.3 Å². The number of halogens is 3. The number of alkyl halides is 3. The number of fused-ring (bicyclic) bond motifs is 1. The third kappa shape index (κ3) is 6.29. The lowest BCUT2D eigenvalue weighted by Gasteiger charge is -2.37. The summed E-state index contributed by atoms with van der Waals surface area (Å²) in [6, 6.07) is 15.5. The fraction of sp³-hybridized carbons (Fsp3) is 0.345. The molecule has 204 valence electrons. The van der Waals surface area contributed by atoms with Crippen LogP contribution in [-0.2, 0) is 23.9 Å².